The van der Waals surface area contributed by atoms with Crippen LogP contribution in [0.25, 0.3) is 0 Å². The molecule has 1 N–H and O–H groups in total. The van der Waals surface area contributed by atoms with Crippen LogP contribution in [0, 0.1) is 0 Å². The molecular formula is C19H26N4O. The molecule has 1 saturated heterocycles. The maximum absolute atomic E-state index is 12.8. The predicted octanol–water partition coefficient (Wildman–Crippen LogP) is 2.71. The van der Waals surface area contributed by atoms with E-state index in [0.717, 1.165) is 44.7 Å². The van der Waals surface area contributed by atoms with Crippen LogP contribution in [0.5, 0.6) is 0 Å². The van der Waals surface area contributed by atoms with Gasteiger partial charge in [0.25, 0.3) is 5.91 Å². The summed E-state index contributed by atoms with van der Waals surface area (Å²) in [6.07, 6.45) is 1.85. The first-order valence-electron chi connectivity index (χ1n) is 8.79. The number of benzene rings is 1. The van der Waals surface area contributed by atoms with Gasteiger partial charge in [0, 0.05) is 37.9 Å². The summed E-state index contributed by atoms with van der Waals surface area (Å²) in [6.45, 7) is 7.80. The van der Waals surface area contributed by atoms with Crippen LogP contribution in [-0.4, -0.2) is 51.6 Å². The molecule has 1 aromatic heterocycles. The molecule has 1 aliphatic rings. The van der Waals surface area contributed by atoms with Crippen molar-refractivity contribution in [3.05, 3.63) is 53.3 Å². The van der Waals surface area contributed by atoms with E-state index in [2.05, 4.69) is 53.2 Å². The number of amides is 1. The van der Waals surface area contributed by atoms with Crippen LogP contribution < -0.4 is 0 Å². The quantitative estimate of drug-likeness (QED) is 0.940. The Bertz CT molecular complexity index is 667. The van der Waals surface area contributed by atoms with Crippen molar-refractivity contribution >= 4 is 5.91 Å². The lowest BCUT2D eigenvalue weighted by Gasteiger charge is -2.26. The minimum Gasteiger partial charge on any atom is -0.333 e. The smallest absolute Gasteiger partial charge is 0.274 e. The van der Waals surface area contributed by atoms with Crippen molar-refractivity contribution < 1.29 is 4.79 Å². The van der Waals surface area contributed by atoms with Gasteiger partial charge in [-0.05, 0) is 31.4 Å². The molecule has 0 aliphatic carbocycles. The molecule has 0 radical (unpaired) electrons. The number of aryl methyl sites for hydroxylation is 1. The zero-order valence-corrected chi connectivity index (χ0v) is 14.5. The number of aromatic amines is 1. The van der Waals surface area contributed by atoms with Crippen molar-refractivity contribution in [1.82, 2.24) is 20.0 Å². The van der Waals surface area contributed by atoms with Crippen LogP contribution in [-0.2, 0) is 13.0 Å². The van der Waals surface area contributed by atoms with Crippen LogP contribution in [0.1, 0.15) is 42.0 Å². The predicted molar refractivity (Wildman–Crippen MR) is 94.8 cm³/mol. The van der Waals surface area contributed by atoms with Crippen LogP contribution >= 0.6 is 0 Å². The van der Waals surface area contributed by atoms with Crippen molar-refractivity contribution in [2.24, 2.45) is 0 Å². The Kier molecular flexibility index (Phi) is 5.30. The summed E-state index contributed by atoms with van der Waals surface area (Å²) in [5.41, 5.74) is 2.87. The first kappa shape index (κ1) is 16.7. The molecule has 128 valence electrons. The number of rotatable bonds is 4. The molecule has 5 heteroatoms. The summed E-state index contributed by atoms with van der Waals surface area (Å²) in [4.78, 5) is 17.2. The molecule has 2 aromatic rings. The topological polar surface area (TPSA) is 52.2 Å². The van der Waals surface area contributed by atoms with Gasteiger partial charge in [-0.2, -0.15) is 5.10 Å². The summed E-state index contributed by atoms with van der Waals surface area (Å²) in [5.74, 6) is 0.0417. The van der Waals surface area contributed by atoms with Crippen molar-refractivity contribution in [3.8, 4) is 0 Å². The standard InChI is InChI=1S/C19H26N4O/c1-3-17-13-18(21-20-17)19(24)23-12-11-22(10-9-15(23)2)14-16-7-5-4-6-8-16/h4-8,13,15H,3,9-12,14H2,1-2H3,(H,20,21). The van der Waals surface area contributed by atoms with Gasteiger partial charge in [-0.15, -0.1) is 0 Å². The molecule has 2 heterocycles. The second kappa shape index (κ2) is 7.62. The third kappa shape index (κ3) is 3.85. The number of nitrogens with zero attached hydrogens (tertiary/aromatic N) is 3. The third-order valence-corrected chi connectivity index (χ3v) is 4.79. The Labute approximate surface area is 143 Å². The van der Waals surface area contributed by atoms with Gasteiger partial charge in [-0.3, -0.25) is 14.8 Å². The molecule has 3 rings (SSSR count). The summed E-state index contributed by atoms with van der Waals surface area (Å²) in [6, 6.07) is 12.6. The highest BCUT2D eigenvalue weighted by atomic mass is 16.2. The van der Waals surface area contributed by atoms with E-state index >= 15 is 0 Å². The highest BCUT2D eigenvalue weighted by molar-refractivity contribution is 5.92. The number of carbonyl (C=O) groups is 1. The monoisotopic (exact) mass is 326 g/mol. The number of hydrogen-bond acceptors (Lipinski definition) is 3. The molecule has 5 nitrogen and oxygen atoms in total. The van der Waals surface area contributed by atoms with E-state index < -0.39 is 0 Å². The van der Waals surface area contributed by atoms with Crippen LogP contribution in [0.4, 0.5) is 0 Å². The number of aromatic nitrogens is 2. The van der Waals surface area contributed by atoms with Gasteiger partial charge in [-0.1, -0.05) is 37.3 Å². The second-order valence-corrected chi connectivity index (χ2v) is 6.53. The maximum atomic E-state index is 12.8. The average molecular weight is 326 g/mol. The highest BCUT2D eigenvalue weighted by Crippen LogP contribution is 2.16. The number of H-pyrrole nitrogens is 1. The van der Waals surface area contributed by atoms with E-state index in [-0.39, 0.29) is 11.9 Å². The fourth-order valence-electron chi connectivity index (χ4n) is 3.21. The van der Waals surface area contributed by atoms with Crippen molar-refractivity contribution in [2.45, 2.75) is 39.3 Å². The molecule has 1 aromatic carbocycles. The third-order valence-electron chi connectivity index (χ3n) is 4.79. The molecule has 1 aliphatic heterocycles. The second-order valence-electron chi connectivity index (χ2n) is 6.53. The summed E-state index contributed by atoms with van der Waals surface area (Å²) in [5, 5.41) is 7.12. The minimum atomic E-state index is 0.0417. The van der Waals surface area contributed by atoms with Crippen LogP contribution in [0.15, 0.2) is 36.4 Å². The summed E-state index contributed by atoms with van der Waals surface area (Å²) >= 11 is 0. The summed E-state index contributed by atoms with van der Waals surface area (Å²) in [7, 11) is 0. The number of nitrogens with one attached hydrogen (secondary N) is 1. The van der Waals surface area contributed by atoms with Crippen LogP contribution in [0.3, 0.4) is 0 Å². The van der Waals surface area contributed by atoms with Gasteiger partial charge in [-0.25, -0.2) is 0 Å². The molecule has 1 amide bonds. The lowest BCUT2D eigenvalue weighted by Crippen LogP contribution is -2.40. The normalized spacial score (nSPS) is 19.2. The van der Waals surface area contributed by atoms with E-state index in [0.29, 0.717) is 5.69 Å². The fraction of sp³-hybridized carbons (Fsp3) is 0.474. The molecule has 1 fully saturated rings. The van der Waals surface area contributed by atoms with E-state index in [1.165, 1.54) is 5.56 Å². The molecule has 0 saturated carbocycles. The van der Waals surface area contributed by atoms with Gasteiger partial charge in [0.1, 0.15) is 5.69 Å². The van der Waals surface area contributed by atoms with E-state index in [4.69, 9.17) is 0 Å². The molecular weight excluding hydrogens is 300 g/mol. The van der Waals surface area contributed by atoms with Crippen LogP contribution in [0.2, 0.25) is 0 Å². The van der Waals surface area contributed by atoms with Gasteiger partial charge >= 0.3 is 0 Å². The SMILES string of the molecule is CCc1cc(C(=O)N2CCN(Cc3ccccc3)CCC2C)n[nH]1. The van der Waals surface area contributed by atoms with Crippen molar-refractivity contribution in [1.29, 1.82) is 0 Å². The van der Waals surface area contributed by atoms with Gasteiger partial charge in [0.05, 0.1) is 0 Å². The van der Waals surface area contributed by atoms with Gasteiger partial charge < -0.3 is 4.90 Å². The molecule has 0 spiro atoms. The van der Waals surface area contributed by atoms with Gasteiger partial charge in [0.2, 0.25) is 0 Å². The largest absolute Gasteiger partial charge is 0.333 e. The zero-order valence-electron chi connectivity index (χ0n) is 14.5. The zero-order chi connectivity index (χ0) is 16.9. The Morgan fingerprint density at radius 3 is 2.75 bits per heavy atom. The van der Waals surface area contributed by atoms with E-state index in [1.54, 1.807) is 0 Å². The lowest BCUT2D eigenvalue weighted by molar-refractivity contribution is 0.0695. The number of carbonyl (C=O) groups excluding carboxylic acids is 1. The Balaban J connectivity index is 1.64. The van der Waals surface area contributed by atoms with Gasteiger partial charge in [0.15, 0.2) is 0 Å². The summed E-state index contributed by atoms with van der Waals surface area (Å²) < 4.78 is 0. The maximum Gasteiger partial charge on any atom is 0.274 e. The molecule has 24 heavy (non-hydrogen) atoms. The number of hydrogen-bond donors (Lipinski definition) is 1. The Morgan fingerprint density at radius 1 is 1.25 bits per heavy atom. The van der Waals surface area contributed by atoms with E-state index in [1.807, 2.05) is 17.0 Å². The van der Waals surface area contributed by atoms with E-state index in [9.17, 15) is 4.79 Å². The molecule has 1 atom stereocenters. The lowest BCUT2D eigenvalue weighted by atomic mass is 10.2. The minimum absolute atomic E-state index is 0.0417. The average Bonchev–Trinajstić information content (AvgIpc) is 3.02. The van der Waals surface area contributed by atoms with Crippen molar-refractivity contribution in [2.75, 3.05) is 19.6 Å². The highest BCUT2D eigenvalue weighted by Gasteiger charge is 2.27. The first-order chi connectivity index (χ1) is 11.7. The first-order valence-corrected chi connectivity index (χ1v) is 8.79. The Hall–Kier alpha value is -2.14. The Morgan fingerprint density at radius 2 is 2.04 bits per heavy atom. The fourth-order valence-corrected chi connectivity index (χ4v) is 3.21. The van der Waals surface area contributed by atoms with Crippen molar-refractivity contribution in [3.63, 3.8) is 0 Å². The molecule has 1 unspecified atom stereocenters. The molecule has 0 bridgehead atoms.